The van der Waals surface area contributed by atoms with Gasteiger partial charge in [-0.05, 0) is 44.7 Å². The number of primary amides is 1. The van der Waals surface area contributed by atoms with E-state index >= 15 is 0 Å². The lowest BCUT2D eigenvalue weighted by Crippen LogP contribution is -2.17. The molecule has 0 bridgehead atoms. The van der Waals surface area contributed by atoms with Gasteiger partial charge < -0.3 is 16.6 Å². The predicted molar refractivity (Wildman–Crippen MR) is 96.1 cm³/mol. The third kappa shape index (κ3) is 2.05. The van der Waals surface area contributed by atoms with Crippen LogP contribution in [0.1, 0.15) is 40.0 Å². The first-order valence-electron chi connectivity index (χ1n) is 8.40. The van der Waals surface area contributed by atoms with Crippen LogP contribution in [0.4, 0.5) is 5.82 Å². The molecule has 0 aliphatic carbocycles. The average molecular weight is 339 g/mol. The number of anilines is 1. The second kappa shape index (κ2) is 5.27. The Bertz CT molecular complexity index is 1030. The third-order valence-corrected chi connectivity index (χ3v) is 5.11. The van der Waals surface area contributed by atoms with Gasteiger partial charge in [-0.2, -0.15) is 5.10 Å². The lowest BCUT2D eigenvalue weighted by Gasteiger charge is -2.16. The molecule has 0 atom stereocenters. The van der Waals surface area contributed by atoms with E-state index in [9.17, 15) is 9.90 Å². The van der Waals surface area contributed by atoms with Crippen molar-refractivity contribution in [1.29, 1.82) is 0 Å². The monoisotopic (exact) mass is 339 g/mol. The highest BCUT2D eigenvalue weighted by molar-refractivity contribution is 6.12. The zero-order valence-corrected chi connectivity index (χ0v) is 14.3. The van der Waals surface area contributed by atoms with Crippen LogP contribution in [0, 0.1) is 13.8 Å². The molecule has 0 saturated carbocycles. The van der Waals surface area contributed by atoms with Crippen LogP contribution in [0.15, 0.2) is 12.1 Å². The standard InChI is InChI=1S/C18H21N5O2/c1-9-6-7-12(24)10(2)15(9)23-16(19)14(17(20)25)13-11-5-3-4-8-22(11)21-18(13)23/h6-7,24H,3-5,8,19H2,1-2H3,(H2,20,25). The normalized spacial score (nSPS) is 14.0. The fraction of sp³-hybridized carbons (Fsp3) is 0.333. The van der Waals surface area contributed by atoms with E-state index in [1.54, 1.807) is 10.6 Å². The number of nitrogens with two attached hydrogens (primary N) is 2. The molecule has 5 N–H and O–H groups in total. The highest BCUT2D eigenvalue weighted by atomic mass is 16.3. The van der Waals surface area contributed by atoms with Crippen molar-refractivity contribution < 1.29 is 9.90 Å². The zero-order valence-electron chi connectivity index (χ0n) is 14.3. The van der Waals surface area contributed by atoms with Crippen molar-refractivity contribution in [2.75, 3.05) is 5.73 Å². The third-order valence-electron chi connectivity index (χ3n) is 5.11. The maximum Gasteiger partial charge on any atom is 0.253 e. The molecule has 1 aromatic carbocycles. The molecule has 25 heavy (non-hydrogen) atoms. The molecule has 7 nitrogen and oxygen atoms in total. The molecule has 7 heteroatoms. The lowest BCUT2D eigenvalue weighted by atomic mass is 10.1. The van der Waals surface area contributed by atoms with Crippen molar-refractivity contribution in [3.63, 3.8) is 0 Å². The zero-order chi connectivity index (χ0) is 17.9. The Morgan fingerprint density at radius 1 is 1.28 bits per heavy atom. The lowest BCUT2D eigenvalue weighted by molar-refractivity contribution is 0.100. The number of hydrogen-bond acceptors (Lipinski definition) is 4. The first-order chi connectivity index (χ1) is 11.9. The van der Waals surface area contributed by atoms with Gasteiger partial charge in [0.1, 0.15) is 11.6 Å². The van der Waals surface area contributed by atoms with Gasteiger partial charge in [0.2, 0.25) is 0 Å². The van der Waals surface area contributed by atoms with Gasteiger partial charge in [-0.3, -0.25) is 14.0 Å². The summed E-state index contributed by atoms with van der Waals surface area (Å²) in [6.45, 7) is 4.58. The summed E-state index contributed by atoms with van der Waals surface area (Å²) in [5.41, 5.74) is 16.3. The summed E-state index contributed by atoms with van der Waals surface area (Å²) in [5.74, 6) is -0.111. The summed E-state index contributed by atoms with van der Waals surface area (Å²) >= 11 is 0. The molecule has 0 saturated heterocycles. The number of fused-ring (bicyclic) bond motifs is 3. The quantitative estimate of drug-likeness (QED) is 0.664. The Balaban J connectivity index is 2.16. The number of amides is 1. The van der Waals surface area contributed by atoms with Crippen LogP contribution < -0.4 is 11.5 Å². The number of phenols is 1. The minimum absolute atomic E-state index is 0.173. The van der Waals surface area contributed by atoms with Crippen LogP contribution >= 0.6 is 0 Å². The van der Waals surface area contributed by atoms with E-state index in [4.69, 9.17) is 16.6 Å². The summed E-state index contributed by atoms with van der Waals surface area (Å²) in [6.07, 6.45) is 2.95. The van der Waals surface area contributed by atoms with Gasteiger partial charge in [-0.25, -0.2) is 0 Å². The number of nitrogens with zero attached hydrogens (tertiary/aromatic N) is 3. The number of carbonyl (C=O) groups is 1. The van der Waals surface area contributed by atoms with Crippen LogP contribution in [0.25, 0.3) is 16.7 Å². The van der Waals surface area contributed by atoms with Gasteiger partial charge in [0.25, 0.3) is 5.91 Å². The summed E-state index contributed by atoms with van der Waals surface area (Å²) in [5, 5.41) is 15.6. The molecule has 0 spiro atoms. The molecular formula is C18H21N5O2. The highest BCUT2D eigenvalue weighted by Gasteiger charge is 2.29. The van der Waals surface area contributed by atoms with E-state index in [1.165, 1.54) is 0 Å². The molecule has 3 heterocycles. The molecule has 130 valence electrons. The van der Waals surface area contributed by atoms with Crippen molar-refractivity contribution in [3.8, 4) is 11.4 Å². The maximum atomic E-state index is 12.1. The Labute approximate surface area is 144 Å². The number of rotatable bonds is 2. The number of aromatic nitrogens is 3. The fourth-order valence-electron chi connectivity index (χ4n) is 3.89. The number of aryl methyl sites for hydroxylation is 3. The van der Waals surface area contributed by atoms with E-state index in [1.807, 2.05) is 24.6 Å². The van der Waals surface area contributed by atoms with E-state index in [-0.39, 0.29) is 11.6 Å². The summed E-state index contributed by atoms with van der Waals surface area (Å²) in [6, 6.07) is 3.47. The topological polar surface area (TPSA) is 112 Å². The van der Waals surface area contributed by atoms with E-state index in [0.717, 1.165) is 48.1 Å². The maximum absolute atomic E-state index is 12.1. The van der Waals surface area contributed by atoms with Crippen molar-refractivity contribution >= 4 is 22.8 Å². The predicted octanol–water partition coefficient (Wildman–Crippen LogP) is 2.17. The molecule has 4 rings (SSSR count). The number of nitrogen functional groups attached to an aromatic ring is 1. The number of aromatic hydroxyl groups is 1. The largest absolute Gasteiger partial charge is 0.508 e. The highest BCUT2D eigenvalue weighted by Crippen LogP contribution is 2.38. The Morgan fingerprint density at radius 2 is 2.04 bits per heavy atom. The summed E-state index contributed by atoms with van der Waals surface area (Å²) in [7, 11) is 0. The fourth-order valence-corrected chi connectivity index (χ4v) is 3.89. The molecule has 1 amide bonds. The van der Waals surface area contributed by atoms with Gasteiger partial charge in [-0.1, -0.05) is 6.07 Å². The number of benzene rings is 1. The van der Waals surface area contributed by atoms with Crippen molar-refractivity contribution in [2.24, 2.45) is 5.73 Å². The first kappa shape index (κ1) is 15.6. The van der Waals surface area contributed by atoms with Gasteiger partial charge in [-0.15, -0.1) is 0 Å². The van der Waals surface area contributed by atoms with Crippen molar-refractivity contribution in [1.82, 2.24) is 14.3 Å². The van der Waals surface area contributed by atoms with Crippen LogP contribution in [-0.4, -0.2) is 25.4 Å². The van der Waals surface area contributed by atoms with Gasteiger partial charge in [0.05, 0.1) is 16.6 Å². The van der Waals surface area contributed by atoms with Crippen molar-refractivity contribution in [3.05, 3.63) is 34.5 Å². The van der Waals surface area contributed by atoms with Crippen LogP contribution in [0.2, 0.25) is 0 Å². The molecule has 0 radical (unpaired) electrons. The molecule has 3 aromatic rings. The SMILES string of the molecule is Cc1ccc(O)c(C)c1-n1c(N)c(C(N)=O)c2c3n(nc21)CCCC3. The first-order valence-corrected chi connectivity index (χ1v) is 8.40. The Kier molecular flexibility index (Phi) is 3.28. The molecule has 0 unspecified atom stereocenters. The number of phenolic OH excluding ortho intramolecular Hbond substituents is 1. The van der Waals surface area contributed by atoms with E-state index in [0.29, 0.717) is 16.8 Å². The number of carbonyl (C=O) groups excluding carboxylic acids is 1. The smallest absolute Gasteiger partial charge is 0.253 e. The molecule has 1 aliphatic heterocycles. The van der Waals surface area contributed by atoms with Crippen LogP contribution in [0.3, 0.4) is 0 Å². The second-order valence-electron chi connectivity index (χ2n) is 6.66. The van der Waals surface area contributed by atoms with Crippen molar-refractivity contribution in [2.45, 2.75) is 39.7 Å². The average Bonchev–Trinajstić information content (AvgIpc) is 3.06. The molecule has 1 aliphatic rings. The summed E-state index contributed by atoms with van der Waals surface area (Å²) in [4.78, 5) is 12.1. The van der Waals surface area contributed by atoms with Gasteiger partial charge in [0.15, 0.2) is 5.65 Å². The number of hydrogen-bond donors (Lipinski definition) is 3. The van der Waals surface area contributed by atoms with Gasteiger partial charge >= 0.3 is 0 Å². The van der Waals surface area contributed by atoms with Crippen LogP contribution in [0.5, 0.6) is 5.75 Å². The second-order valence-corrected chi connectivity index (χ2v) is 6.66. The molecule has 2 aromatic heterocycles. The van der Waals surface area contributed by atoms with Crippen LogP contribution in [-0.2, 0) is 13.0 Å². The molecular weight excluding hydrogens is 318 g/mol. The minimum atomic E-state index is -0.557. The van der Waals surface area contributed by atoms with E-state index < -0.39 is 5.91 Å². The minimum Gasteiger partial charge on any atom is -0.508 e. The van der Waals surface area contributed by atoms with E-state index in [2.05, 4.69) is 0 Å². The summed E-state index contributed by atoms with van der Waals surface area (Å²) < 4.78 is 3.70. The Morgan fingerprint density at radius 3 is 2.76 bits per heavy atom. The Hall–Kier alpha value is -2.96. The van der Waals surface area contributed by atoms with Gasteiger partial charge in [0, 0.05) is 17.8 Å². The molecule has 0 fully saturated rings.